The molecular formula is C28H34FN7O. The maximum atomic E-state index is 14.4. The van der Waals surface area contributed by atoms with Crippen molar-refractivity contribution in [2.24, 2.45) is 0 Å². The summed E-state index contributed by atoms with van der Waals surface area (Å²) in [6.45, 7) is 7.87. The normalized spacial score (nSPS) is 17.1. The average molecular weight is 504 g/mol. The number of nitrogens with two attached hydrogens (primary N) is 1. The van der Waals surface area contributed by atoms with Gasteiger partial charge in [-0.3, -0.25) is 4.79 Å². The SMILES string of the molecule is C=C(Nc1ccccc1F)N(c1nc(Nc2ccc(CC)cc2)ncc1N)[C@H]1CC[C@H](NC(C)=O)CC1. The summed E-state index contributed by atoms with van der Waals surface area (Å²) in [4.78, 5) is 22.6. The number of benzene rings is 2. The summed E-state index contributed by atoms with van der Waals surface area (Å²) in [6, 6.07) is 14.6. The van der Waals surface area contributed by atoms with Crippen LogP contribution in [0.2, 0.25) is 0 Å². The zero-order valence-electron chi connectivity index (χ0n) is 21.3. The molecule has 37 heavy (non-hydrogen) atoms. The molecule has 5 N–H and O–H groups in total. The lowest BCUT2D eigenvalue weighted by atomic mass is 9.90. The van der Waals surface area contributed by atoms with Crippen LogP contribution in [0.15, 0.2) is 67.1 Å². The molecule has 0 saturated heterocycles. The van der Waals surface area contributed by atoms with Crippen molar-refractivity contribution in [3.05, 3.63) is 78.5 Å². The number of rotatable bonds is 9. The molecule has 9 heteroatoms. The third kappa shape index (κ3) is 6.55. The molecule has 1 aromatic heterocycles. The van der Waals surface area contributed by atoms with Crippen molar-refractivity contribution in [2.75, 3.05) is 21.3 Å². The van der Waals surface area contributed by atoms with E-state index in [4.69, 9.17) is 10.7 Å². The summed E-state index contributed by atoms with van der Waals surface area (Å²) in [7, 11) is 0. The Morgan fingerprint density at radius 2 is 1.84 bits per heavy atom. The minimum absolute atomic E-state index is 0.00864. The third-order valence-corrected chi connectivity index (χ3v) is 6.56. The first-order valence-corrected chi connectivity index (χ1v) is 12.6. The number of carbonyl (C=O) groups excluding carboxylic acids is 1. The highest BCUT2D eigenvalue weighted by Gasteiger charge is 2.30. The van der Waals surface area contributed by atoms with Gasteiger partial charge in [-0.15, -0.1) is 0 Å². The van der Waals surface area contributed by atoms with Crippen LogP contribution in [0.5, 0.6) is 0 Å². The molecule has 3 aromatic rings. The topological polar surface area (TPSA) is 108 Å². The molecule has 1 amide bonds. The van der Waals surface area contributed by atoms with Crippen molar-refractivity contribution < 1.29 is 9.18 Å². The van der Waals surface area contributed by atoms with E-state index in [1.807, 2.05) is 17.0 Å². The number of carbonyl (C=O) groups is 1. The van der Waals surface area contributed by atoms with E-state index in [1.54, 1.807) is 24.4 Å². The van der Waals surface area contributed by atoms with E-state index >= 15 is 0 Å². The third-order valence-electron chi connectivity index (χ3n) is 6.56. The Hall–Kier alpha value is -4.14. The Bertz CT molecular complexity index is 1240. The molecule has 4 rings (SSSR count). The second-order valence-electron chi connectivity index (χ2n) is 9.28. The molecule has 0 unspecified atom stereocenters. The van der Waals surface area contributed by atoms with E-state index in [1.165, 1.54) is 18.6 Å². The minimum atomic E-state index is -0.383. The molecular weight excluding hydrogens is 469 g/mol. The van der Waals surface area contributed by atoms with Crippen LogP contribution in [0.25, 0.3) is 0 Å². The smallest absolute Gasteiger partial charge is 0.229 e. The van der Waals surface area contributed by atoms with Crippen molar-refractivity contribution >= 4 is 34.7 Å². The fourth-order valence-corrected chi connectivity index (χ4v) is 4.65. The van der Waals surface area contributed by atoms with E-state index < -0.39 is 0 Å². The Morgan fingerprint density at radius 1 is 1.14 bits per heavy atom. The molecule has 0 radical (unpaired) electrons. The van der Waals surface area contributed by atoms with Crippen molar-refractivity contribution in [3.63, 3.8) is 0 Å². The van der Waals surface area contributed by atoms with Gasteiger partial charge in [0.05, 0.1) is 17.6 Å². The van der Waals surface area contributed by atoms with Crippen molar-refractivity contribution in [3.8, 4) is 0 Å². The lowest BCUT2D eigenvalue weighted by Gasteiger charge is -2.39. The fourth-order valence-electron chi connectivity index (χ4n) is 4.65. The molecule has 0 aliphatic heterocycles. The lowest BCUT2D eigenvalue weighted by Crippen LogP contribution is -2.44. The van der Waals surface area contributed by atoms with Crippen LogP contribution < -0.4 is 26.6 Å². The van der Waals surface area contributed by atoms with Crippen LogP contribution in [-0.2, 0) is 11.2 Å². The first-order chi connectivity index (χ1) is 17.8. The van der Waals surface area contributed by atoms with Crippen molar-refractivity contribution in [1.82, 2.24) is 15.3 Å². The number of para-hydroxylation sites is 1. The highest BCUT2D eigenvalue weighted by atomic mass is 19.1. The molecule has 1 fully saturated rings. The van der Waals surface area contributed by atoms with E-state index in [2.05, 4.69) is 46.6 Å². The highest BCUT2D eigenvalue weighted by Crippen LogP contribution is 2.34. The lowest BCUT2D eigenvalue weighted by molar-refractivity contribution is -0.119. The van der Waals surface area contributed by atoms with E-state index in [0.29, 0.717) is 29.0 Å². The first-order valence-electron chi connectivity index (χ1n) is 12.6. The summed E-state index contributed by atoms with van der Waals surface area (Å²) >= 11 is 0. The largest absolute Gasteiger partial charge is 0.394 e. The van der Waals surface area contributed by atoms with Crippen molar-refractivity contribution in [1.29, 1.82) is 0 Å². The summed E-state index contributed by atoms with van der Waals surface area (Å²) in [5.41, 5.74) is 9.18. The number of amides is 1. The predicted octanol–water partition coefficient (Wildman–Crippen LogP) is 5.34. The van der Waals surface area contributed by atoms with Crippen LogP contribution in [0.3, 0.4) is 0 Å². The van der Waals surface area contributed by atoms with Gasteiger partial charge in [0.25, 0.3) is 0 Å². The molecule has 1 aliphatic rings. The summed E-state index contributed by atoms with van der Waals surface area (Å²) in [6.07, 6.45) is 5.67. The monoisotopic (exact) mass is 503 g/mol. The van der Waals surface area contributed by atoms with Gasteiger partial charge in [0, 0.05) is 24.7 Å². The Balaban J connectivity index is 1.62. The number of aryl methyl sites for hydroxylation is 1. The predicted molar refractivity (Wildman–Crippen MR) is 147 cm³/mol. The van der Waals surface area contributed by atoms with Gasteiger partial charge in [-0.05, 0) is 61.9 Å². The van der Waals surface area contributed by atoms with E-state index in [-0.39, 0.29) is 23.8 Å². The number of nitrogens with zero attached hydrogens (tertiary/aromatic N) is 3. The molecule has 0 bridgehead atoms. The van der Waals surface area contributed by atoms with Crippen molar-refractivity contribution in [2.45, 2.75) is 58.0 Å². The molecule has 0 spiro atoms. The Labute approximate surface area is 217 Å². The summed E-state index contributed by atoms with van der Waals surface area (Å²) < 4.78 is 14.4. The maximum Gasteiger partial charge on any atom is 0.229 e. The molecule has 8 nitrogen and oxygen atoms in total. The number of nitrogen functional groups attached to an aromatic ring is 1. The Morgan fingerprint density at radius 3 is 2.49 bits per heavy atom. The van der Waals surface area contributed by atoms with Gasteiger partial charge in [0.1, 0.15) is 11.6 Å². The molecule has 194 valence electrons. The van der Waals surface area contributed by atoms with E-state index in [0.717, 1.165) is 37.8 Å². The van der Waals surface area contributed by atoms with Crippen LogP contribution in [0.1, 0.15) is 45.1 Å². The molecule has 1 saturated carbocycles. The number of anilines is 5. The van der Waals surface area contributed by atoms with E-state index in [9.17, 15) is 9.18 Å². The van der Waals surface area contributed by atoms with Crippen LogP contribution in [0, 0.1) is 5.82 Å². The molecule has 1 aliphatic carbocycles. The van der Waals surface area contributed by atoms with Gasteiger partial charge in [0.15, 0.2) is 5.82 Å². The number of nitrogens with one attached hydrogen (secondary N) is 3. The van der Waals surface area contributed by atoms with Gasteiger partial charge in [0.2, 0.25) is 11.9 Å². The molecule has 1 heterocycles. The second kappa shape index (κ2) is 11.7. The van der Waals surface area contributed by atoms with Gasteiger partial charge in [-0.25, -0.2) is 9.37 Å². The second-order valence-corrected chi connectivity index (χ2v) is 9.28. The standard InChI is InChI=1S/C28H34FN7O/c1-4-20-9-11-22(12-10-20)34-28-31-17-25(30)27(35-28)36(18(2)32-26-8-6-5-7-24(26)29)23-15-13-21(14-16-23)33-19(3)37/h5-12,17,21,23,32H,2,4,13-16,30H2,1,3H3,(H,33,37)(H,31,34,35)/t21-,23-. The number of hydrogen-bond donors (Lipinski definition) is 4. The number of aromatic nitrogens is 2. The van der Waals surface area contributed by atoms with Crippen LogP contribution in [-0.4, -0.2) is 28.0 Å². The average Bonchev–Trinajstić information content (AvgIpc) is 2.88. The van der Waals surface area contributed by atoms with Gasteiger partial charge < -0.3 is 26.6 Å². The summed E-state index contributed by atoms with van der Waals surface area (Å²) in [5, 5.41) is 9.36. The highest BCUT2D eigenvalue weighted by molar-refractivity contribution is 5.73. The zero-order chi connectivity index (χ0) is 26.4. The molecule has 2 aromatic carbocycles. The first kappa shape index (κ1) is 25.9. The quantitative estimate of drug-likeness (QED) is 0.312. The minimum Gasteiger partial charge on any atom is -0.394 e. The molecule has 0 atom stereocenters. The number of hydrogen-bond acceptors (Lipinski definition) is 7. The number of halogens is 1. The Kier molecular flexibility index (Phi) is 8.22. The van der Waals surface area contributed by atoms with Crippen LogP contribution in [0.4, 0.5) is 33.2 Å². The van der Waals surface area contributed by atoms with Crippen LogP contribution >= 0.6 is 0 Å². The summed E-state index contributed by atoms with van der Waals surface area (Å²) in [5.74, 6) is 0.917. The zero-order valence-corrected chi connectivity index (χ0v) is 21.3. The fraction of sp³-hybridized carbons (Fsp3) is 0.321. The maximum absolute atomic E-state index is 14.4. The van der Waals surface area contributed by atoms with Gasteiger partial charge in [-0.2, -0.15) is 4.98 Å². The van der Waals surface area contributed by atoms with Gasteiger partial charge >= 0.3 is 0 Å². The van der Waals surface area contributed by atoms with Gasteiger partial charge in [-0.1, -0.05) is 37.8 Å².